The first-order chi connectivity index (χ1) is 17.0. The number of carbonyl (C=O) groups is 1. The van der Waals surface area contributed by atoms with E-state index in [1.54, 1.807) is 0 Å². The van der Waals surface area contributed by atoms with Gasteiger partial charge in [0.15, 0.2) is 5.76 Å². The molecule has 0 saturated heterocycles. The highest BCUT2D eigenvalue weighted by molar-refractivity contribution is 5.85. The Morgan fingerprint density at radius 3 is 2.17 bits per heavy atom. The minimum Gasteiger partial charge on any atom is -0.481 e. The lowest BCUT2D eigenvalue weighted by Crippen LogP contribution is -2.19. The predicted molar refractivity (Wildman–Crippen MR) is 139 cm³/mol. The number of benzene rings is 3. The second-order valence-corrected chi connectivity index (χ2v) is 9.18. The molecule has 1 aliphatic rings. The number of carboxylic acids is 1. The molecule has 1 fully saturated rings. The van der Waals surface area contributed by atoms with Crippen LogP contribution in [0.2, 0.25) is 0 Å². The number of rotatable bonds is 8. The average molecular weight is 465 g/mol. The zero-order chi connectivity index (χ0) is 24.4. The Morgan fingerprint density at radius 2 is 1.57 bits per heavy atom. The van der Waals surface area contributed by atoms with Gasteiger partial charge >= 0.3 is 5.97 Å². The summed E-state index contributed by atoms with van der Waals surface area (Å²) in [7, 11) is 2.04. The van der Waals surface area contributed by atoms with Gasteiger partial charge in [-0.25, -0.2) is 0 Å². The molecule has 0 amide bonds. The number of aromatic nitrogens is 1. The van der Waals surface area contributed by atoms with Crippen LogP contribution in [0.1, 0.15) is 29.7 Å². The third-order valence-corrected chi connectivity index (χ3v) is 6.78. The van der Waals surface area contributed by atoms with Gasteiger partial charge in [-0.15, -0.1) is 0 Å². The van der Waals surface area contributed by atoms with Crippen molar-refractivity contribution >= 4 is 17.7 Å². The molecule has 1 aromatic heterocycles. The van der Waals surface area contributed by atoms with Gasteiger partial charge in [0.25, 0.3) is 0 Å². The van der Waals surface area contributed by atoms with E-state index in [9.17, 15) is 9.90 Å². The van der Waals surface area contributed by atoms with Gasteiger partial charge in [0, 0.05) is 19.2 Å². The zero-order valence-corrected chi connectivity index (χ0v) is 19.9. The fourth-order valence-corrected chi connectivity index (χ4v) is 4.55. The summed E-state index contributed by atoms with van der Waals surface area (Å²) in [5.74, 6) is 0.0189. The topological polar surface area (TPSA) is 66.6 Å². The molecule has 4 aromatic rings. The van der Waals surface area contributed by atoms with E-state index in [1.165, 1.54) is 5.56 Å². The summed E-state index contributed by atoms with van der Waals surface area (Å²) in [5, 5.41) is 13.7. The van der Waals surface area contributed by atoms with E-state index in [-0.39, 0.29) is 0 Å². The Bertz CT molecular complexity index is 1350. The van der Waals surface area contributed by atoms with Gasteiger partial charge < -0.3 is 14.5 Å². The third-order valence-electron chi connectivity index (χ3n) is 6.78. The standard InChI is InChI=1S/C30H28N2O3/c1-21-27(32(2)20-6-9-22-7-4-3-5-8-22)28(35-31-21)25-12-10-23(11-13-25)24-14-16-26(17-15-24)30(18-19-30)29(33)34/h3-17H,18-20H2,1-2H3,(H,33,34)/b9-6+. The van der Waals surface area contributed by atoms with Crippen molar-refractivity contribution < 1.29 is 14.4 Å². The first kappa shape index (κ1) is 22.7. The molecule has 1 N–H and O–H groups in total. The largest absolute Gasteiger partial charge is 0.481 e. The Morgan fingerprint density at radius 1 is 0.971 bits per heavy atom. The van der Waals surface area contributed by atoms with Crippen LogP contribution in [0.3, 0.4) is 0 Å². The van der Waals surface area contributed by atoms with E-state index in [4.69, 9.17) is 4.52 Å². The van der Waals surface area contributed by atoms with Crippen LogP contribution in [-0.4, -0.2) is 29.8 Å². The van der Waals surface area contributed by atoms with E-state index in [2.05, 4.69) is 46.5 Å². The molecule has 3 aromatic carbocycles. The molecule has 0 radical (unpaired) electrons. The number of aliphatic carboxylic acids is 1. The summed E-state index contributed by atoms with van der Waals surface area (Å²) in [6.07, 6.45) is 5.67. The van der Waals surface area contributed by atoms with E-state index in [1.807, 2.05) is 68.6 Å². The van der Waals surface area contributed by atoms with Crippen molar-refractivity contribution in [3.63, 3.8) is 0 Å². The Kier molecular flexibility index (Phi) is 6.00. The minimum atomic E-state index is -0.728. The van der Waals surface area contributed by atoms with Crippen LogP contribution in [-0.2, 0) is 10.2 Å². The highest BCUT2D eigenvalue weighted by Gasteiger charge is 2.51. The van der Waals surface area contributed by atoms with Crippen LogP contribution in [0.4, 0.5) is 5.69 Å². The van der Waals surface area contributed by atoms with Crippen LogP contribution in [0.5, 0.6) is 0 Å². The molecule has 0 spiro atoms. The lowest BCUT2D eigenvalue weighted by atomic mass is 9.93. The Labute approximate surface area is 205 Å². The van der Waals surface area contributed by atoms with Crippen molar-refractivity contribution in [3.05, 3.63) is 102 Å². The first-order valence-corrected chi connectivity index (χ1v) is 11.8. The lowest BCUT2D eigenvalue weighted by molar-refractivity contribution is -0.140. The second kappa shape index (κ2) is 9.26. The number of hydrogen-bond acceptors (Lipinski definition) is 4. The number of nitrogens with zero attached hydrogens (tertiary/aromatic N) is 2. The van der Waals surface area contributed by atoms with Crippen LogP contribution >= 0.6 is 0 Å². The average Bonchev–Trinajstić information content (AvgIpc) is 3.61. The summed E-state index contributed by atoms with van der Waals surface area (Å²) in [6, 6.07) is 26.3. The molecule has 35 heavy (non-hydrogen) atoms. The molecular formula is C30H28N2O3. The third kappa shape index (κ3) is 4.50. The first-order valence-electron chi connectivity index (χ1n) is 11.8. The predicted octanol–water partition coefficient (Wildman–Crippen LogP) is 6.58. The molecule has 5 rings (SSSR count). The normalized spacial score (nSPS) is 14.2. The smallest absolute Gasteiger partial charge is 0.314 e. The van der Waals surface area contributed by atoms with E-state index < -0.39 is 11.4 Å². The number of aryl methyl sites for hydroxylation is 1. The molecule has 1 saturated carbocycles. The molecule has 176 valence electrons. The highest BCUT2D eigenvalue weighted by Crippen LogP contribution is 2.48. The molecule has 5 nitrogen and oxygen atoms in total. The van der Waals surface area contributed by atoms with Crippen LogP contribution in [0.25, 0.3) is 28.5 Å². The molecule has 1 aliphatic carbocycles. The van der Waals surface area contributed by atoms with Crippen LogP contribution in [0, 0.1) is 6.92 Å². The molecule has 0 unspecified atom stereocenters. The lowest BCUT2D eigenvalue weighted by Gasteiger charge is -2.17. The van der Waals surface area contributed by atoms with Crippen LogP contribution in [0.15, 0.2) is 89.5 Å². The highest BCUT2D eigenvalue weighted by atomic mass is 16.5. The maximum Gasteiger partial charge on any atom is 0.314 e. The van der Waals surface area contributed by atoms with Gasteiger partial charge in [0.2, 0.25) is 0 Å². The van der Waals surface area contributed by atoms with E-state index in [0.717, 1.165) is 45.9 Å². The van der Waals surface area contributed by atoms with Crippen molar-refractivity contribution in [2.75, 3.05) is 18.5 Å². The molecule has 0 aliphatic heterocycles. The van der Waals surface area contributed by atoms with Gasteiger partial charge in [-0.3, -0.25) is 4.79 Å². The molecule has 0 bridgehead atoms. The minimum absolute atomic E-state index is 0.675. The number of carboxylic acid groups (broad SMARTS) is 1. The zero-order valence-electron chi connectivity index (χ0n) is 19.9. The maximum atomic E-state index is 11.6. The Balaban J connectivity index is 1.33. The monoisotopic (exact) mass is 464 g/mol. The number of anilines is 1. The fraction of sp³-hybridized carbons (Fsp3) is 0.200. The molecule has 5 heteroatoms. The van der Waals surface area contributed by atoms with Gasteiger partial charge in [-0.2, -0.15) is 0 Å². The molecule has 0 atom stereocenters. The second-order valence-electron chi connectivity index (χ2n) is 9.18. The quantitative estimate of drug-likeness (QED) is 0.319. The SMILES string of the molecule is Cc1noc(-c2ccc(-c3ccc(C4(C(=O)O)CC4)cc3)cc2)c1N(C)C/C=C/c1ccccc1. The summed E-state index contributed by atoms with van der Waals surface area (Å²) < 4.78 is 5.72. The summed E-state index contributed by atoms with van der Waals surface area (Å²) >= 11 is 0. The summed E-state index contributed by atoms with van der Waals surface area (Å²) in [5.41, 5.74) is 6.29. The molecule has 1 heterocycles. The van der Waals surface area contributed by atoms with Crippen molar-refractivity contribution in [1.29, 1.82) is 0 Å². The van der Waals surface area contributed by atoms with Crippen molar-refractivity contribution in [1.82, 2.24) is 5.16 Å². The Hall–Kier alpha value is -4.12. The van der Waals surface area contributed by atoms with E-state index >= 15 is 0 Å². The number of likely N-dealkylation sites (N-methyl/N-ethyl adjacent to an activating group) is 1. The summed E-state index contributed by atoms with van der Waals surface area (Å²) in [6.45, 7) is 2.69. The van der Waals surface area contributed by atoms with Gasteiger partial charge in [-0.1, -0.05) is 96.2 Å². The van der Waals surface area contributed by atoms with Crippen molar-refractivity contribution in [2.24, 2.45) is 0 Å². The van der Waals surface area contributed by atoms with E-state index in [0.29, 0.717) is 12.8 Å². The van der Waals surface area contributed by atoms with Crippen molar-refractivity contribution in [3.8, 4) is 22.5 Å². The number of hydrogen-bond donors (Lipinski definition) is 1. The van der Waals surface area contributed by atoms with Crippen molar-refractivity contribution in [2.45, 2.75) is 25.2 Å². The van der Waals surface area contributed by atoms with Crippen LogP contribution < -0.4 is 4.90 Å². The van der Waals surface area contributed by atoms with Gasteiger partial charge in [0.1, 0.15) is 11.4 Å². The van der Waals surface area contributed by atoms with Gasteiger partial charge in [-0.05, 0) is 42.0 Å². The molecular weight excluding hydrogens is 436 g/mol. The summed E-state index contributed by atoms with van der Waals surface area (Å²) in [4.78, 5) is 13.7. The van der Waals surface area contributed by atoms with Gasteiger partial charge in [0.05, 0.1) is 5.41 Å². The maximum absolute atomic E-state index is 11.6. The fourth-order valence-electron chi connectivity index (χ4n) is 4.55.